The molecule has 0 aliphatic heterocycles. The van der Waals surface area contributed by atoms with Crippen LogP contribution in [0, 0.1) is 17.8 Å². The molecule has 1 aromatic carbocycles. The molecule has 4 atom stereocenters. The van der Waals surface area contributed by atoms with Gasteiger partial charge in [-0.1, -0.05) is 0 Å². The number of benzene rings is 1. The van der Waals surface area contributed by atoms with Crippen LogP contribution in [0.2, 0.25) is 0 Å². The number of halogens is 2. The fourth-order valence-electron chi connectivity index (χ4n) is 6.49. The molecule has 0 radical (unpaired) electrons. The third-order valence-electron chi connectivity index (χ3n) is 8.52. The van der Waals surface area contributed by atoms with Gasteiger partial charge in [0.05, 0.1) is 25.0 Å². The number of alkyl halides is 2. The van der Waals surface area contributed by atoms with Crippen LogP contribution in [0.3, 0.4) is 0 Å². The van der Waals surface area contributed by atoms with Crippen molar-refractivity contribution in [3.05, 3.63) is 39.7 Å². The van der Waals surface area contributed by atoms with Crippen LogP contribution in [0.25, 0.3) is 5.76 Å². The summed E-state index contributed by atoms with van der Waals surface area (Å²) in [6.45, 7) is -1.73. The van der Waals surface area contributed by atoms with Crippen molar-refractivity contribution in [1.29, 1.82) is 0 Å². The van der Waals surface area contributed by atoms with E-state index in [0.717, 1.165) is 0 Å². The van der Waals surface area contributed by atoms with Crippen molar-refractivity contribution >= 4 is 28.9 Å². The summed E-state index contributed by atoms with van der Waals surface area (Å²) >= 11 is 0. The number of amides is 1. The molecule has 1 fully saturated rings. The third kappa shape index (κ3) is 4.24. The second kappa shape index (κ2) is 10.5. The Hall–Kier alpha value is -3.51. The summed E-state index contributed by atoms with van der Waals surface area (Å²) in [5, 5.41) is 45.4. The molecule has 4 rings (SSSR count). The number of aliphatic hydroxyl groups is 3. The average Bonchev–Trinajstić information content (AvgIpc) is 2.87. The van der Waals surface area contributed by atoms with E-state index in [1.807, 2.05) is 0 Å². The number of fused-ring (bicyclic) bond motifs is 3. The highest BCUT2D eigenvalue weighted by molar-refractivity contribution is 6.24. The van der Waals surface area contributed by atoms with Gasteiger partial charge in [-0.2, -0.15) is 0 Å². The van der Waals surface area contributed by atoms with E-state index in [0.29, 0.717) is 16.8 Å². The molecule has 1 saturated carbocycles. The lowest BCUT2D eigenvalue weighted by Gasteiger charge is -2.50. The molecule has 0 bridgehead atoms. The van der Waals surface area contributed by atoms with Gasteiger partial charge in [0, 0.05) is 37.2 Å². The Morgan fingerprint density at radius 3 is 2.30 bits per heavy atom. The van der Waals surface area contributed by atoms with Crippen LogP contribution in [0.1, 0.15) is 29.5 Å². The molecule has 0 saturated heterocycles. The number of hydrogen-bond donors (Lipinski definition) is 5. The van der Waals surface area contributed by atoms with Crippen molar-refractivity contribution in [2.75, 3.05) is 46.4 Å². The Balaban J connectivity index is 1.93. The van der Waals surface area contributed by atoms with Gasteiger partial charge < -0.3 is 31.1 Å². The molecule has 218 valence electrons. The number of Topliss-reactive ketones (excluding diaryl/α,β-unsaturated/α-hetero) is 2. The molecular weight excluding hydrogens is 528 g/mol. The number of aliphatic hydroxyl groups excluding tert-OH is 2. The van der Waals surface area contributed by atoms with Crippen LogP contribution < -0.4 is 10.6 Å². The number of carbonyl (C=O) groups is 3. The van der Waals surface area contributed by atoms with Crippen molar-refractivity contribution in [2.45, 2.75) is 37.3 Å². The lowest BCUT2D eigenvalue weighted by molar-refractivity contribution is -0.153. The van der Waals surface area contributed by atoms with Crippen LogP contribution in [0.4, 0.5) is 14.5 Å². The Kier molecular flexibility index (Phi) is 7.72. The highest BCUT2D eigenvalue weighted by Gasteiger charge is 2.64. The minimum atomic E-state index is -2.72. The van der Waals surface area contributed by atoms with E-state index in [4.69, 9.17) is 5.73 Å². The van der Waals surface area contributed by atoms with Gasteiger partial charge in [0.15, 0.2) is 11.4 Å². The Bertz CT molecular complexity index is 1340. The first kappa shape index (κ1) is 29.5. The summed E-state index contributed by atoms with van der Waals surface area (Å²) in [6, 6.07) is 0.516. The molecule has 3 aliphatic carbocycles. The fourth-order valence-corrected chi connectivity index (χ4v) is 6.49. The van der Waals surface area contributed by atoms with Gasteiger partial charge in [-0.15, -0.1) is 0 Å². The van der Waals surface area contributed by atoms with E-state index < -0.39 is 77.3 Å². The van der Waals surface area contributed by atoms with Crippen molar-refractivity contribution in [1.82, 2.24) is 4.90 Å². The average molecular weight is 564 g/mol. The maximum absolute atomic E-state index is 14.0. The monoisotopic (exact) mass is 563 g/mol. The summed E-state index contributed by atoms with van der Waals surface area (Å²) in [7, 11) is 6.57. The molecule has 1 aromatic rings. The topological polar surface area (TPSA) is 165 Å². The van der Waals surface area contributed by atoms with Gasteiger partial charge in [0.1, 0.15) is 22.8 Å². The van der Waals surface area contributed by atoms with Crippen LogP contribution in [-0.2, 0) is 27.2 Å². The minimum absolute atomic E-state index is 0.0180. The molecule has 10 nitrogen and oxygen atoms in total. The van der Waals surface area contributed by atoms with E-state index in [1.165, 1.54) is 19.0 Å². The van der Waals surface area contributed by atoms with Crippen LogP contribution >= 0.6 is 0 Å². The van der Waals surface area contributed by atoms with E-state index in [9.17, 15) is 43.6 Å². The smallest absolute Gasteiger partial charge is 0.255 e. The largest absolute Gasteiger partial charge is 0.508 e. The van der Waals surface area contributed by atoms with Gasteiger partial charge in [0.2, 0.25) is 5.78 Å². The Morgan fingerprint density at radius 1 is 1.15 bits per heavy atom. The predicted molar refractivity (Wildman–Crippen MR) is 142 cm³/mol. The first-order valence-electron chi connectivity index (χ1n) is 13.0. The number of aromatic hydroxyl groups is 1. The number of anilines is 1. The van der Waals surface area contributed by atoms with E-state index in [-0.39, 0.29) is 42.6 Å². The summed E-state index contributed by atoms with van der Waals surface area (Å²) in [5.41, 5.74) is 2.89. The van der Waals surface area contributed by atoms with Crippen LogP contribution in [-0.4, -0.2) is 96.0 Å². The standard InChI is InChI=1S/C28H35F2N3O7/c1-32(2)17-9-13(6-5-12(10-29)11-30)22(34)19-15(17)7-14-8-16-21(33(3)4)24(36)20(27(31)39)26(38)28(16,40)25(37)18(14)23(19)35/h9,12,14,16,21,34-35,38,40H,5-8,10-11H2,1-4H3,(H2,31,39)/t14-,16-,21-,28-/m0/s1. The number of phenolic OH excluding ortho intramolecular Hbond substituents is 1. The maximum atomic E-state index is 14.0. The second-order valence-electron chi connectivity index (χ2n) is 11.3. The number of aryl methyl sites for hydroxylation is 1. The fraction of sp³-hybridized carbons (Fsp3) is 0.536. The first-order valence-corrected chi connectivity index (χ1v) is 13.0. The van der Waals surface area contributed by atoms with Gasteiger partial charge in [-0.05, 0) is 62.9 Å². The Labute approximate surface area is 230 Å². The quantitative estimate of drug-likeness (QED) is 0.295. The Morgan fingerprint density at radius 2 is 1.77 bits per heavy atom. The molecule has 0 unspecified atom stereocenters. The first-order chi connectivity index (χ1) is 18.7. The molecule has 40 heavy (non-hydrogen) atoms. The van der Waals surface area contributed by atoms with Crippen molar-refractivity contribution in [3.8, 4) is 5.75 Å². The molecule has 0 heterocycles. The summed E-state index contributed by atoms with van der Waals surface area (Å²) in [5.74, 6) is -8.06. The minimum Gasteiger partial charge on any atom is -0.508 e. The van der Waals surface area contributed by atoms with Crippen molar-refractivity contribution in [3.63, 3.8) is 0 Å². The summed E-state index contributed by atoms with van der Waals surface area (Å²) in [6.07, 6.45) is 0.326. The number of hydrogen-bond acceptors (Lipinski definition) is 9. The zero-order valence-electron chi connectivity index (χ0n) is 22.9. The number of likely N-dealkylation sites (N-methyl/N-ethyl adjacent to an activating group) is 1. The molecule has 0 spiro atoms. The number of ketones is 2. The maximum Gasteiger partial charge on any atom is 0.255 e. The molecule has 0 aromatic heterocycles. The number of primary amides is 1. The van der Waals surface area contributed by atoms with Gasteiger partial charge in [-0.25, -0.2) is 0 Å². The van der Waals surface area contributed by atoms with E-state index >= 15 is 0 Å². The molecular formula is C28H35F2N3O7. The zero-order valence-corrected chi connectivity index (χ0v) is 22.9. The molecule has 12 heteroatoms. The van der Waals surface area contributed by atoms with Gasteiger partial charge >= 0.3 is 0 Å². The lowest BCUT2D eigenvalue weighted by Crippen LogP contribution is -2.65. The number of phenols is 1. The summed E-state index contributed by atoms with van der Waals surface area (Å²) < 4.78 is 26.2. The molecule has 6 N–H and O–H groups in total. The van der Waals surface area contributed by atoms with Crippen molar-refractivity contribution in [2.24, 2.45) is 23.5 Å². The van der Waals surface area contributed by atoms with E-state index in [1.54, 1.807) is 25.1 Å². The van der Waals surface area contributed by atoms with Crippen LogP contribution in [0.15, 0.2) is 23.0 Å². The molecule has 1 amide bonds. The zero-order chi connectivity index (χ0) is 29.8. The third-order valence-corrected chi connectivity index (χ3v) is 8.52. The van der Waals surface area contributed by atoms with Gasteiger partial charge in [0.25, 0.3) is 5.91 Å². The summed E-state index contributed by atoms with van der Waals surface area (Å²) in [4.78, 5) is 42.5. The highest BCUT2D eigenvalue weighted by Crippen LogP contribution is 2.54. The lowest BCUT2D eigenvalue weighted by atomic mass is 9.57. The number of nitrogens with two attached hydrogens (primary N) is 1. The highest BCUT2D eigenvalue weighted by atomic mass is 19.1. The van der Waals surface area contributed by atoms with Crippen LogP contribution in [0.5, 0.6) is 5.75 Å². The molecule has 3 aliphatic rings. The second-order valence-corrected chi connectivity index (χ2v) is 11.3. The number of carbonyl (C=O) groups excluding carboxylic acids is 3. The van der Waals surface area contributed by atoms with Crippen molar-refractivity contribution < 1.29 is 43.6 Å². The van der Waals surface area contributed by atoms with E-state index in [2.05, 4.69) is 0 Å². The SMILES string of the molecule is CN(C)c1cc(CCC(CF)CF)c(O)c2c1C[C@H]1C[C@H]3[C@H](N(C)C)C(=O)C(C(N)=O)=C(O)[C@@]3(O)C(=O)C1=C2O. The normalized spacial score (nSPS) is 26.3. The predicted octanol–water partition coefficient (Wildman–Crippen LogP) is 1.52. The number of rotatable bonds is 8. The number of nitrogens with zero attached hydrogens (tertiary/aromatic N) is 2. The van der Waals surface area contributed by atoms with Gasteiger partial charge in [-0.3, -0.25) is 28.1 Å².